The van der Waals surface area contributed by atoms with Crippen LogP contribution in [0.1, 0.15) is 55.8 Å². The summed E-state index contributed by atoms with van der Waals surface area (Å²) in [5, 5.41) is 0. The smallest absolute Gasteiger partial charge is 0.327 e. The van der Waals surface area contributed by atoms with Crippen molar-refractivity contribution in [2.75, 3.05) is 13.1 Å². The van der Waals surface area contributed by atoms with Gasteiger partial charge in [-0.05, 0) is 31.7 Å². The molecule has 1 saturated heterocycles. The number of nitrogens with one attached hydrogen (secondary N) is 1. The summed E-state index contributed by atoms with van der Waals surface area (Å²) in [4.78, 5) is 28.6. The predicted octanol–water partition coefficient (Wildman–Crippen LogP) is 2.61. The summed E-state index contributed by atoms with van der Waals surface area (Å²) in [6.07, 6.45) is -4.53. The molecule has 6 nitrogen and oxygen atoms in total. The topological polar surface area (TPSA) is 84.1 Å². The van der Waals surface area contributed by atoms with Crippen LogP contribution in [-0.2, 0) is 0 Å². The lowest BCUT2D eigenvalue weighted by atomic mass is 9.82. The minimum absolute atomic E-state index is 0.123. The second-order valence-electron chi connectivity index (χ2n) is 8.75. The van der Waals surface area contributed by atoms with E-state index in [1.165, 1.54) is 4.57 Å². The van der Waals surface area contributed by atoms with Crippen LogP contribution in [-0.4, -0.2) is 52.5 Å². The van der Waals surface area contributed by atoms with Crippen LogP contribution < -0.4 is 17.0 Å². The molecular weight excluding hydrogens is 423 g/mol. The van der Waals surface area contributed by atoms with Crippen LogP contribution in [0.15, 0.2) is 15.4 Å². The highest BCUT2D eigenvalue weighted by atomic mass is 19.3. The second kappa shape index (κ2) is 8.16. The van der Waals surface area contributed by atoms with Gasteiger partial charge in [-0.2, -0.15) is 0 Å². The first-order valence-electron chi connectivity index (χ1n) is 10.5. The van der Waals surface area contributed by atoms with E-state index in [9.17, 15) is 27.2 Å². The molecule has 0 radical (unpaired) electrons. The quantitative estimate of drug-likeness (QED) is 0.656. The van der Waals surface area contributed by atoms with Crippen LogP contribution in [0.3, 0.4) is 0 Å². The standard InChI is InChI=1S/C20H25F5N4O2/c1-8-16-14(19(30)27-20(31)29(16)10-2-3-10)13(18(24)25)15(23)17(8)28-5-4-9(7-28)11(26)6-12(21)22/h8-12,17-18H,2-7,26H2,1H3,(H,27,30,31). The van der Waals surface area contributed by atoms with Gasteiger partial charge in [0.2, 0.25) is 6.43 Å². The van der Waals surface area contributed by atoms with Crippen molar-refractivity contribution in [2.45, 2.75) is 69.5 Å². The van der Waals surface area contributed by atoms with Crippen molar-refractivity contribution in [1.29, 1.82) is 0 Å². The fourth-order valence-electron chi connectivity index (χ4n) is 5.12. The highest BCUT2D eigenvalue weighted by Gasteiger charge is 2.46. The third-order valence-electron chi connectivity index (χ3n) is 6.71. The molecule has 2 heterocycles. The molecule has 0 aromatic carbocycles. The van der Waals surface area contributed by atoms with E-state index in [2.05, 4.69) is 4.98 Å². The molecule has 31 heavy (non-hydrogen) atoms. The first-order valence-corrected chi connectivity index (χ1v) is 10.5. The minimum Gasteiger partial charge on any atom is -0.327 e. The van der Waals surface area contributed by atoms with E-state index in [4.69, 9.17) is 5.73 Å². The van der Waals surface area contributed by atoms with Gasteiger partial charge in [-0.3, -0.25) is 19.2 Å². The van der Waals surface area contributed by atoms with Gasteiger partial charge in [-0.25, -0.2) is 26.7 Å². The maximum Gasteiger partial charge on any atom is 0.328 e. The van der Waals surface area contributed by atoms with E-state index in [0.717, 1.165) is 0 Å². The molecule has 2 aliphatic carbocycles. The summed E-state index contributed by atoms with van der Waals surface area (Å²) in [5.74, 6) is -2.18. The second-order valence-corrected chi connectivity index (χ2v) is 8.75. The normalized spacial score (nSPS) is 28.0. The average molecular weight is 448 g/mol. The largest absolute Gasteiger partial charge is 0.328 e. The molecule has 0 amide bonds. The Morgan fingerprint density at radius 1 is 1.16 bits per heavy atom. The maximum atomic E-state index is 15.5. The Morgan fingerprint density at radius 2 is 1.84 bits per heavy atom. The zero-order valence-corrected chi connectivity index (χ0v) is 17.0. The summed E-state index contributed by atoms with van der Waals surface area (Å²) in [7, 11) is 0. The van der Waals surface area contributed by atoms with Crippen molar-refractivity contribution < 1.29 is 22.0 Å². The lowest BCUT2D eigenvalue weighted by molar-refractivity contribution is 0.116. The van der Waals surface area contributed by atoms with Crippen molar-refractivity contribution in [3.63, 3.8) is 0 Å². The number of hydrogen-bond acceptors (Lipinski definition) is 4. The summed E-state index contributed by atoms with van der Waals surface area (Å²) in [6.45, 7) is 2.08. The van der Waals surface area contributed by atoms with Crippen molar-refractivity contribution in [1.82, 2.24) is 14.5 Å². The zero-order chi connectivity index (χ0) is 22.6. The Kier molecular flexibility index (Phi) is 5.84. The van der Waals surface area contributed by atoms with Crippen LogP contribution in [0.25, 0.3) is 5.57 Å². The number of H-pyrrole nitrogens is 1. The summed E-state index contributed by atoms with van der Waals surface area (Å²) in [5.41, 5.74) is 2.84. The number of nitrogens with two attached hydrogens (primary N) is 1. The molecule has 4 atom stereocenters. The van der Waals surface area contributed by atoms with Crippen LogP contribution in [0, 0.1) is 5.92 Å². The molecule has 1 aliphatic heterocycles. The van der Waals surface area contributed by atoms with E-state index < -0.39 is 65.5 Å². The zero-order valence-electron chi connectivity index (χ0n) is 17.0. The van der Waals surface area contributed by atoms with Crippen LogP contribution >= 0.6 is 0 Å². The average Bonchev–Trinajstić information content (AvgIpc) is 3.38. The Balaban J connectivity index is 1.77. The number of allylic oxidation sites excluding steroid dienone is 1. The molecule has 0 bridgehead atoms. The van der Waals surface area contributed by atoms with Gasteiger partial charge < -0.3 is 5.73 Å². The van der Waals surface area contributed by atoms with E-state index in [0.29, 0.717) is 25.8 Å². The number of nitrogens with zero attached hydrogens (tertiary/aromatic N) is 2. The molecule has 1 saturated carbocycles. The lowest BCUT2D eigenvalue weighted by Gasteiger charge is -2.38. The molecule has 3 aliphatic rings. The minimum atomic E-state index is -3.25. The monoisotopic (exact) mass is 448 g/mol. The van der Waals surface area contributed by atoms with Crippen LogP contribution in [0.5, 0.6) is 0 Å². The summed E-state index contributed by atoms with van der Waals surface area (Å²) in [6, 6.07) is -2.12. The highest BCUT2D eigenvalue weighted by Crippen LogP contribution is 2.46. The van der Waals surface area contributed by atoms with Crippen LogP contribution in [0.2, 0.25) is 0 Å². The Labute approximate surface area is 174 Å². The Hall–Kier alpha value is -2.01. The fourth-order valence-corrected chi connectivity index (χ4v) is 5.12. The van der Waals surface area contributed by atoms with Crippen LogP contribution in [0.4, 0.5) is 22.0 Å². The van der Waals surface area contributed by atoms with E-state index in [-0.39, 0.29) is 24.2 Å². The maximum absolute atomic E-state index is 15.5. The van der Waals surface area contributed by atoms with Gasteiger partial charge in [0.1, 0.15) is 5.83 Å². The van der Waals surface area contributed by atoms with Gasteiger partial charge in [0, 0.05) is 36.7 Å². The number of aromatic amines is 1. The first-order chi connectivity index (χ1) is 14.6. The van der Waals surface area contributed by atoms with Gasteiger partial charge in [0.05, 0.1) is 17.2 Å². The molecule has 11 heteroatoms. The molecule has 1 aromatic rings. The van der Waals surface area contributed by atoms with E-state index in [1.54, 1.807) is 11.8 Å². The molecule has 2 fully saturated rings. The summed E-state index contributed by atoms with van der Waals surface area (Å²) < 4.78 is 70.1. The van der Waals surface area contributed by atoms with E-state index >= 15 is 4.39 Å². The molecule has 3 N–H and O–H groups in total. The molecule has 4 rings (SSSR count). The van der Waals surface area contributed by atoms with E-state index in [1.807, 2.05) is 0 Å². The van der Waals surface area contributed by atoms with Crippen molar-refractivity contribution in [3.8, 4) is 0 Å². The first kappa shape index (κ1) is 22.2. The SMILES string of the molecule is CC1c2c(c(=O)[nH]c(=O)n2C2CC2)C(C(F)F)=C(F)C1N1CCC(C(N)CC(F)F)C1. The number of aromatic nitrogens is 2. The van der Waals surface area contributed by atoms with Gasteiger partial charge >= 0.3 is 5.69 Å². The third kappa shape index (κ3) is 3.86. The van der Waals surface area contributed by atoms with Crippen molar-refractivity contribution in [2.24, 2.45) is 11.7 Å². The molecule has 1 aromatic heterocycles. The number of halogens is 5. The van der Waals surface area contributed by atoms with Gasteiger partial charge in [-0.1, -0.05) is 6.92 Å². The summed E-state index contributed by atoms with van der Waals surface area (Å²) >= 11 is 0. The fraction of sp³-hybridized carbons (Fsp3) is 0.700. The van der Waals surface area contributed by atoms with Crippen molar-refractivity contribution in [3.05, 3.63) is 37.9 Å². The van der Waals surface area contributed by atoms with Gasteiger partial charge in [0.25, 0.3) is 12.0 Å². The molecule has 4 unspecified atom stereocenters. The number of alkyl halides is 4. The molecular formula is C20H25F5N4O2. The number of rotatable bonds is 6. The number of hydrogen-bond donors (Lipinski definition) is 2. The van der Waals surface area contributed by atoms with Crippen molar-refractivity contribution >= 4 is 5.57 Å². The number of likely N-dealkylation sites (tertiary alicyclic amines) is 1. The van der Waals surface area contributed by atoms with Gasteiger partial charge in [-0.15, -0.1) is 0 Å². The molecule has 172 valence electrons. The molecule has 0 spiro atoms. The Morgan fingerprint density at radius 3 is 2.42 bits per heavy atom. The predicted molar refractivity (Wildman–Crippen MR) is 104 cm³/mol. The number of fused-ring (bicyclic) bond motifs is 1. The highest BCUT2D eigenvalue weighted by molar-refractivity contribution is 5.74. The Bertz CT molecular complexity index is 1000. The van der Waals surface area contributed by atoms with Gasteiger partial charge in [0.15, 0.2) is 0 Å². The lowest BCUT2D eigenvalue weighted by Crippen LogP contribution is -2.47. The third-order valence-corrected chi connectivity index (χ3v) is 6.71.